The Hall–Kier alpha value is -2.99. The van der Waals surface area contributed by atoms with E-state index in [9.17, 15) is 9.59 Å². The number of hydrogen-bond donors (Lipinski definition) is 2. The summed E-state index contributed by atoms with van der Waals surface area (Å²) >= 11 is 1.54. The highest BCUT2D eigenvalue weighted by atomic mass is 32.2. The number of Topliss-reactive ketones (excluding diaryl/α,β-unsaturated/α-hetero) is 1. The van der Waals surface area contributed by atoms with Gasteiger partial charge in [-0.05, 0) is 42.7 Å². The number of benzene rings is 2. The molecule has 1 amide bonds. The van der Waals surface area contributed by atoms with Crippen LogP contribution >= 0.6 is 11.8 Å². The molecule has 0 saturated carbocycles. The van der Waals surface area contributed by atoms with Gasteiger partial charge in [-0.1, -0.05) is 36.0 Å². The van der Waals surface area contributed by atoms with E-state index in [1.807, 2.05) is 48.5 Å². The summed E-state index contributed by atoms with van der Waals surface area (Å²) in [5.74, 6) is 0.336. The maximum Gasteiger partial charge on any atom is 0.254 e. The van der Waals surface area contributed by atoms with E-state index < -0.39 is 0 Å². The zero-order valence-corrected chi connectivity index (χ0v) is 16.8. The molecule has 29 heavy (non-hydrogen) atoms. The normalized spacial score (nSPS) is 23.3. The summed E-state index contributed by atoms with van der Waals surface area (Å²) in [7, 11) is 1.62. The summed E-state index contributed by atoms with van der Waals surface area (Å²) in [4.78, 5) is 27.2. The predicted molar refractivity (Wildman–Crippen MR) is 113 cm³/mol. The number of hydrogen-bond acceptors (Lipinski definition) is 5. The zero-order chi connectivity index (χ0) is 20.0. The van der Waals surface area contributed by atoms with Crippen LogP contribution in [0.25, 0.3) is 0 Å². The zero-order valence-electron chi connectivity index (χ0n) is 16.0. The fourth-order valence-corrected chi connectivity index (χ4v) is 5.29. The van der Waals surface area contributed by atoms with Crippen molar-refractivity contribution in [2.24, 2.45) is 0 Å². The van der Waals surface area contributed by atoms with Crippen molar-refractivity contribution in [1.29, 1.82) is 0 Å². The molecule has 5 rings (SSSR count). The molecule has 0 bridgehead atoms. The van der Waals surface area contributed by atoms with Crippen LogP contribution < -0.4 is 15.4 Å². The Morgan fingerprint density at radius 3 is 2.52 bits per heavy atom. The smallest absolute Gasteiger partial charge is 0.254 e. The van der Waals surface area contributed by atoms with E-state index in [4.69, 9.17) is 4.74 Å². The number of carbonyl (C=O) groups excluding carboxylic acids is 2. The lowest BCUT2D eigenvalue weighted by Gasteiger charge is -2.33. The molecule has 0 aromatic heterocycles. The fraction of sp³-hybridized carbons (Fsp3) is 0.217. The Balaban J connectivity index is 1.68. The van der Waals surface area contributed by atoms with E-state index in [2.05, 4.69) is 10.6 Å². The SMILES string of the molecule is COc1ccc(C2C3=C(CCCC3=O)NC(=O)/C2=C2\Nc3ccccc3S2)cc1. The number of fused-ring (bicyclic) bond motifs is 1. The summed E-state index contributed by atoms with van der Waals surface area (Å²) < 4.78 is 5.29. The molecule has 2 aromatic rings. The van der Waals surface area contributed by atoms with Crippen LogP contribution in [0.15, 0.2) is 75.3 Å². The second-order valence-corrected chi connectivity index (χ2v) is 8.35. The summed E-state index contributed by atoms with van der Waals surface area (Å²) in [5.41, 5.74) is 4.00. The highest BCUT2D eigenvalue weighted by Gasteiger charge is 2.41. The first-order valence-corrected chi connectivity index (χ1v) is 10.5. The lowest BCUT2D eigenvalue weighted by atomic mass is 9.75. The first kappa shape index (κ1) is 18.1. The molecule has 1 atom stereocenters. The third-order valence-corrected chi connectivity index (χ3v) is 6.69. The van der Waals surface area contributed by atoms with E-state index in [0.29, 0.717) is 12.0 Å². The Kier molecular flexibility index (Phi) is 4.43. The second-order valence-electron chi connectivity index (χ2n) is 7.30. The van der Waals surface area contributed by atoms with Crippen molar-refractivity contribution >= 4 is 29.1 Å². The van der Waals surface area contributed by atoms with Crippen LogP contribution in [-0.2, 0) is 9.59 Å². The van der Waals surface area contributed by atoms with Crippen LogP contribution in [0.5, 0.6) is 5.75 Å². The minimum absolute atomic E-state index is 0.116. The number of amides is 1. The number of nitrogens with one attached hydrogen (secondary N) is 2. The van der Waals surface area contributed by atoms with Crippen molar-refractivity contribution < 1.29 is 14.3 Å². The molecule has 0 saturated heterocycles. The number of anilines is 1. The van der Waals surface area contributed by atoms with E-state index in [1.165, 1.54) is 0 Å². The minimum atomic E-state index is -0.387. The van der Waals surface area contributed by atoms with Crippen molar-refractivity contribution in [1.82, 2.24) is 5.32 Å². The Morgan fingerprint density at radius 1 is 0.966 bits per heavy atom. The number of thioether (sulfide) groups is 1. The number of carbonyl (C=O) groups is 2. The molecule has 2 aliphatic heterocycles. The van der Waals surface area contributed by atoms with Crippen LogP contribution in [-0.4, -0.2) is 18.8 Å². The van der Waals surface area contributed by atoms with Gasteiger partial charge in [-0.2, -0.15) is 0 Å². The molecule has 146 valence electrons. The monoisotopic (exact) mass is 404 g/mol. The molecule has 0 spiro atoms. The maximum absolute atomic E-state index is 13.2. The number of methoxy groups -OCH3 is 1. The van der Waals surface area contributed by atoms with Gasteiger partial charge in [-0.3, -0.25) is 9.59 Å². The van der Waals surface area contributed by atoms with Crippen LogP contribution in [0.4, 0.5) is 5.69 Å². The summed E-state index contributed by atoms with van der Waals surface area (Å²) in [6.45, 7) is 0. The standard InChI is InChI=1S/C23H20N2O3S/c1-28-14-11-9-13(10-12-14)19-20-16(6-4-7-17(20)26)24-22(27)21(19)23-25-15-5-2-3-8-18(15)29-23/h2-3,5,8-12,19,25H,4,6-7H2,1H3,(H,24,27)/b23-21+. The van der Waals surface area contributed by atoms with Gasteiger partial charge in [0.15, 0.2) is 5.78 Å². The van der Waals surface area contributed by atoms with Crippen molar-refractivity contribution in [3.63, 3.8) is 0 Å². The van der Waals surface area contributed by atoms with Crippen LogP contribution in [0.1, 0.15) is 30.7 Å². The van der Waals surface area contributed by atoms with Gasteiger partial charge in [-0.15, -0.1) is 0 Å². The Labute approximate surface area is 173 Å². The molecular weight excluding hydrogens is 384 g/mol. The molecule has 2 heterocycles. The molecule has 5 nitrogen and oxygen atoms in total. The average Bonchev–Trinajstić information content (AvgIpc) is 3.16. The molecule has 1 aliphatic carbocycles. The molecule has 6 heteroatoms. The van der Waals surface area contributed by atoms with Crippen LogP contribution in [0, 0.1) is 0 Å². The summed E-state index contributed by atoms with van der Waals surface area (Å²) in [5, 5.41) is 7.19. The summed E-state index contributed by atoms with van der Waals surface area (Å²) in [6, 6.07) is 15.6. The topological polar surface area (TPSA) is 67.4 Å². The number of para-hydroxylation sites is 1. The summed E-state index contributed by atoms with van der Waals surface area (Å²) in [6.07, 6.45) is 2.02. The van der Waals surface area contributed by atoms with E-state index in [0.717, 1.165) is 51.0 Å². The average molecular weight is 404 g/mol. The van der Waals surface area contributed by atoms with Crippen molar-refractivity contribution in [3.8, 4) is 5.75 Å². The highest BCUT2D eigenvalue weighted by Crippen LogP contribution is 2.48. The molecule has 2 N–H and O–H groups in total. The number of ether oxygens (including phenoxy) is 1. The largest absolute Gasteiger partial charge is 0.497 e. The molecule has 3 aliphatic rings. The van der Waals surface area contributed by atoms with Gasteiger partial charge in [0.05, 0.1) is 23.4 Å². The first-order chi connectivity index (χ1) is 14.2. The third kappa shape index (κ3) is 3.04. The van der Waals surface area contributed by atoms with Gasteiger partial charge >= 0.3 is 0 Å². The van der Waals surface area contributed by atoms with Gasteiger partial charge in [0, 0.05) is 28.5 Å². The van der Waals surface area contributed by atoms with E-state index in [1.54, 1.807) is 18.9 Å². The quantitative estimate of drug-likeness (QED) is 0.729. The van der Waals surface area contributed by atoms with Gasteiger partial charge in [0.2, 0.25) is 0 Å². The van der Waals surface area contributed by atoms with E-state index >= 15 is 0 Å². The highest BCUT2D eigenvalue weighted by molar-refractivity contribution is 8.03. The van der Waals surface area contributed by atoms with Gasteiger partial charge in [0.25, 0.3) is 5.91 Å². The Morgan fingerprint density at radius 2 is 1.76 bits per heavy atom. The van der Waals surface area contributed by atoms with E-state index in [-0.39, 0.29) is 17.6 Å². The third-order valence-electron chi connectivity index (χ3n) is 5.58. The molecular formula is C23H20N2O3S. The van der Waals surface area contributed by atoms with Crippen molar-refractivity contribution in [3.05, 3.63) is 76.0 Å². The number of ketones is 1. The minimum Gasteiger partial charge on any atom is -0.497 e. The lowest BCUT2D eigenvalue weighted by molar-refractivity contribution is -0.118. The maximum atomic E-state index is 13.2. The van der Waals surface area contributed by atoms with Crippen molar-refractivity contribution in [2.75, 3.05) is 12.4 Å². The van der Waals surface area contributed by atoms with Gasteiger partial charge in [0.1, 0.15) is 5.75 Å². The van der Waals surface area contributed by atoms with Crippen molar-refractivity contribution in [2.45, 2.75) is 30.1 Å². The molecule has 1 unspecified atom stereocenters. The van der Waals surface area contributed by atoms with Gasteiger partial charge in [-0.25, -0.2) is 0 Å². The Bertz CT molecular complexity index is 1060. The molecule has 2 aromatic carbocycles. The second kappa shape index (κ2) is 7.12. The fourth-order valence-electron chi connectivity index (χ4n) is 4.21. The predicted octanol–water partition coefficient (Wildman–Crippen LogP) is 4.35. The molecule has 0 radical (unpaired) electrons. The molecule has 0 fully saturated rings. The first-order valence-electron chi connectivity index (χ1n) is 9.65. The number of rotatable bonds is 2. The van der Waals surface area contributed by atoms with Gasteiger partial charge < -0.3 is 15.4 Å². The van der Waals surface area contributed by atoms with Crippen LogP contribution in [0.3, 0.4) is 0 Å². The lowest BCUT2D eigenvalue weighted by Crippen LogP contribution is -2.39. The van der Waals surface area contributed by atoms with Crippen LogP contribution in [0.2, 0.25) is 0 Å². The number of allylic oxidation sites excluding steroid dienone is 2.